The maximum Gasteiger partial charge on any atom is 0.321 e. The van der Waals surface area contributed by atoms with Crippen LogP contribution in [0.25, 0.3) is 0 Å². The maximum absolute atomic E-state index is 11.3. The van der Waals surface area contributed by atoms with E-state index in [1.807, 2.05) is 4.90 Å². The molecule has 0 aromatic heterocycles. The average molecular weight is 183 g/mol. The summed E-state index contributed by atoms with van der Waals surface area (Å²) in [5, 5.41) is 2.58. The Kier molecular flexibility index (Phi) is 3.76. The highest BCUT2D eigenvalue weighted by Gasteiger charge is 2.18. The molecule has 0 saturated carbocycles. The Morgan fingerprint density at radius 2 is 2.08 bits per heavy atom. The van der Waals surface area contributed by atoms with E-state index in [1.54, 1.807) is 0 Å². The van der Waals surface area contributed by atoms with Crippen LogP contribution < -0.4 is 5.32 Å². The summed E-state index contributed by atoms with van der Waals surface area (Å²) < 4.78 is 0. The Bertz CT molecular complexity index is 185. The van der Waals surface area contributed by atoms with E-state index in [-0.39, 0.29) is 6.03 Å². The number of hydrogen-bond acceptors (Lipinski definition) is 2. The fourth-order valence-electron chi connectivity index (χ4n) is 1.45. The Morgan fingerprint density at radius 1 is 1.46 bits per heavy atom. The zero-order valence-electron chi connectivity index (χ0n) is 8.12. The molecule has 1 N–H and O–H groups in total. The third-order valence-electron chi connectivity index (χ3n) is 2.33. The highest BCUT2D eigenvalue weighted by molar-refractivity contribution is 5.75. The summed E-state index contributed by atoms with van der Waals surface area (Å²) in [7, 11) is 0. The lowest BCUT2D eigenvalue weighted by Gasteiger charge is -2.33. The largest absolute Gasteiger partial charge is 0.322 e. The van der Waals surface area contributed by atoms with Crippen molar-refractivity contribution in [2.45, 2.75) is 6.92 Å². The van der Waals surface area contributed by atoms with Gasteiger partial charge in [0, 0.05) is 26.2 Å². The monoisotopic (exact) mass is 183 g/mol. The Hall–Kier alpha value is -1.03. The van der Waals surface area contributed by atoms with Gasteiger partial charge in [-0.25, -0.2) is 4.79 Å². The van der Waals surface area contributed by atoms with Crippen LogP contribution in [0.5, 0.6) is 0 Å². The van der Waals surface area contributed by atoms with Crippen molar-refractivity contribution < 1.29 is 4.79 Å². The number of hydrogen-bond donors (Lipinski definition) is 1. The predicted molar refractivity (Wildman–Crippen MR) is 52.4 cm³/mol. The topological polar surface area (TPSA) is 35.6 Å². The molecule has 0 unspecified atom stereocenters. The molecule has 13 heavy (non-hydrogen) atoms. The van der Waals surface area contributed by atoms with E-state index in [2.05, 4.69) is 23.7 Å². The molecule has 4 heteroatoms. The number of likely N-dealkylation sites (N-methyl/N-ethyl adjacent to an activating group) is 1. The lowest BCUT2D eigenvalue weighted by molar-refractivity contribution is 0.145. The van der Waals surface area contributed by atoms with Crippen LogP contribution in [-0.2, 0) is 0 Å². The summed E-state index contributed by atoms with van der Waals surface area (Å²) in [4.78, 5) is 15.5. The SMILES string of the molecule is C=CNC(=O)N1CCN(CC)CC1. The van der Waals surface area contributed by atoms with Gasteiger partial charge in [-0.1, -0.05) is 13.5 Å². The van der Waals surface area contributed by atoms with E-state index >= 15 is 0 Å². The molecule has 0 radical (unpaired) electrons. The number of nitrogens with one attached hydrogen (secondary N) is 1. The van der Waals surface area contributed by atoms with Crippen LogP contribution in [0.2, 0.25) is 0 Å². The lowest BCUT2D eigenvalue weighted by Crippen LogP contribution is -2.50. The molecule has 2 amide bonds. The van der Waals surface area contributed by atoms with Crippen molar-refractivity contribution in [3.63, 3.8) is 0 Å². The smallest absolute Gasteiger partial charge is 0.321 e. The van der Waals surface area contributed by atoms with Crippen LogP contribution in [0.1, 0.15) is 6.92 Å². The Labute approximate surface area is 79.2 Å². The number of amides is 2. The van der Waals surface area contributed by atoms with Crippen molar-refractivity contribution in [2.75, 3.05) is 32.7 Å². The summed E-state index contributed by atoms with van der Waals surface area (Å²) in [6.07, 6.45) is 1.43. The molecule has 0 spiro atoms. The molecule has 1 saturated heterocycles. The van der Waals surface area contributed by atoms with Crippen LogP contribution in [0.4, 0.5) is 4.79 Å². The van der Waals surface area contributed by atoms with Crippen molar-refractivity contribution in [2.24, 2.45) is 0 Å². The molecule has 0 aliphatic carbocycles. The second-order valence-electron chi connectivity index (χ2n) is 3.07. The molecule has 1 fully saturated rings. The van der Waals surface area contributed by atoms with Gasteiger partial charge in [0.2, 0.25) is 0 Å². The van der Waals surface area contributed by atoms with Crippen LogP contribution in [0, 0.1) is 0 Å². The fourth-order valence-corrected chi connectivity index (χ4v) is 1.45. The first-order valence-electron chi connectivity index (χ1n) is 4.66. The second-order valence-corrected chi connectivity index (χ2v) is 3.07. The van der Waals surface area contributed by atoms with Crippen molar-refractivity contribution in [3.8, 4) is 0 Å². The summed E-state index contributed by atoms with van der Waals surface area (Å²) in [5.74, 6) is 0. The van der Waals surface area contributed by atoms with Crippen molar-refractivity contribution in [3.05, 3.63) is 12.8 Å². The second kappa shape index (κ2) is 4.87. The molecule has 1 aliphatic heterocycles. The van der Waals surface area contributed by atoms with E-state index < -0.39 is 0 Å². The van der Waals surface area contributed by atoms with Gasteiger partial charge in [0.05, 0.1) is 0 Å². The van der Waals surface area contributed by atoms with E-state index in [0.717, 1.165) is 32.7 Å². The minimum Gasteiger partial charge on any atom is -0.322 e. The zero-order chi connectivity index (χ0) is 9.68. The van der Waals surface area contributed by atoms with Gasteiger partial charge < -0.3 is 15.1 Å². The van der Waals surface area contributed by atoms with Crippen LogP contribution in [0.15, 0.2) is 12.8 Å². The van der Waals surface area contributed by atoms with Gasteiger partial charge in [-0.05, 0) is 12.7 Å². The number of urea groups is 1. The Balaban J connectivity index is 2.31. The summed E-state index contributed by atoms with van der Waals surface area (Å²) in [6, 6.07) is -0.0363. The minimum absolute atomic E-state index is 0.0363. The molecular weight excluding hydrogens is 166 g/mol. The van der Waals surface area contributed by atoms with Gasteiger partial charge in [-0.15, -0.1) is 0 Å². The summed E-state index contributed by atoms with van der Waals surface area (Å²) in [6.45, 7) is 10.2. The molecule has 1 aliphatic rings. The molecule has 0 bridgehead atoms. The first-order chi connectivity index (χ1) is 6.27. The first kappa shape index (κ1) is 10.1. The van der Waals surface area contributed by atoms with Gasteiger partial charge >= 0.3 is 6.03 Å². The molecule has 0 aromatic carbocycles. The number of piperazine rings is 1. The number of carbonyl (C=O) groups is 1. The minimum atomic E-state index is -0.0363. The van der Waals surface area contributed by atoms with Gasteiger partial charge in [-0.3, -0.25) is 0 Å². The van der Waals surface area contributed by atoms with Gasteiger partial charge in [0.15, 0.2) is 0 Å². The number of carbonyl (C=O) groups excluding carboxylic acids is 1. The standard InChI is InChI=1S/C9H17N3O/c1-3-10-9(13)12-7-5-11(4-2)6-8-12/h3H,1,4-8H2,2H3,(H,10,13). The van der Waals surface area contributed by atoms with E-state index in [9.17, 15) is 4.79 Å². The normalized spacial score (nSPS) is 18.4. The van der Waals surface area contributed by atoms with E-state index in [0.29, 0.717) is 0 Å². The lowest BCUT2D eigenvalue weighted by atomic mass is 10.3. The van der Waals surface area contributed by atoms with Crippen LogP contribution in [-0.4, -0.2) is 48.6 Å². The highest BCUT2D eigenvalue weighted by atomic mass is 16.2. The van der Waals surface area contributed by atoms with Crippen molar-refractivity contribution >= 4 is 6.03 Å². The van der Waals surface area contributed by atoms with Crippen LogP contribution >= 0.6 is 0 Å². The maximum atomic E-state index is 11.3. The quantitative estimate of drug-likeness (QED) is 0.675. The molecule has 0 aromatic rings. The predicted octanol–water partition coefficient (Wildman–Crippen LogP) is 0.477. The third-order valence-corrected chi connectivity index (χ3v) is 2.33. The molecule has 1 rings (SSSR count). The van der Waals surface area contributed by atoms with Gasteiger partial charge in [0.25, 0.3) is 0 Å². The Morgan fingerprint density at radius 3 is 2.54 bits per heavy atom. The van der Waals surface area contributed by atoms with E-state index in [1.165, 1.54) is 6.20 Å². The summed E-state index contributed by atoms with van der Waals surface area (Å²) >= 11 is 0. The van der Waals surface area contributed by atoms with Gasteiger partial charge in [0.1, 0.15) is 0 Å². The molecule has 74 valence electrons. The molecule has 4 nitrogen and oxygen atoms in total. The molecule has 1 heterocycles. The highest BCUT2D eigenvalue weighted by Crippen LogP contribution is 2.00. The summed E-state index contributed by atoms with van der Waals surface area (Å²) in [5.41, 5.74) is 0. The number of rotatable bonds is 2. The van der Waals surface area contributed by atoms with Gasteiger partial charge in [-0.2, -0.15) is 0 Å². The third kappa shape index (κ3) is 2.73. The molecule has 0 atom stereocenters. The first-order valence-corrected chi connectivity index (χ1v) is 4.66. The van der Waals surface area contributed by atoms with Crippen molar-refractivity contribution in [1.29, 1.82) is 0 Å². The number of nitrogens with zero attached hydrogens (tertiary/aromatic N) is 2. The van der Waals surface area contributed by atoms with Crippen molar-refractivity contribution in [1.82, 2.24) is 15.1 Å². The van der Waals surface area contributed by atoms with E-state index in [4.69, 9.17) is 0 Å². The zero-order valence-corrected chi connectivity index (χ0v) is 8.12. The molecular formula is C9H17N3O. The average Bonchev–Trinajstić information content (AvgIpc) is 2.18. The fraction of sp³-hybridized carbons (Fsp3) is 0.667. The van der Waals surface area contributed by atoms with Crippen LogP contribution in [0.3, 0.4) is 0 Å².